The Balaban J connectivity index is 1.98. The molecule has 0 saturated carbocycles. The van der Waals surface area contributed by atoms with E-state index >= 15 is 0 Å². The predicted molar refractivity (Wildman–Crippen MR) is 72.2 cm³/mol. The van der Waals surface area contributed by atoms with Gasteiger partial charge in [0, 0.05) is 17.5 Å². The van der Waals surface area contributed by atoms with Gasteiger partial charge in [0.2, 0.25) is 0 Å². The van der Waals surface area contributed by atoms with Crippen molar-refractivity contribution in [3.05, 3.63) is 23.8 Å². The molecule has 5 heteroatoms. The average Bonchev–Trinajstić information content (AvgIpc) is 2.70. The standard InChI is InChI=1S/C12H18N4S/c1-4-12(3)8-17-11(16-12)14-7-10-5-6-13-9(2)15-10/h5-6H,4,7-8H2,1-3H3,(H,14,16). The van der Waals surface area contributed by atoms with E-state index in [4.69, 9.17) is 0 Å². The van der Waals surface area contributed by atoms with Gasteiger partial charge >= 0.3 is 0 Å². The first kappa shape index (κ1) is 12.4. The van der Waals surface area contributed by atoms with Crippen LogP contribution in [0.15, 0.2) is 17.3 Å². The van der Waals surface area contributed by atoms with Crippen LogP contribution in [0, 0.1) is 6.92 Å². The first-order chi connectivity index (χ1) is 8.11. The molecule has 0 radical (unpaired) electrons. The van der Waals surface area contributed by atoms with Crippen LogP contribution in [0.5, 0.6) is 0 Å². The molecule has 1 aliphatic rings. The van der Waals surface area contributed by atoms with Gasteiger partial charge < -0.3 is 5.32 Å². The molecule has 0 spiro atoms. The molecule has 0 bridgehead atoms. The fourth-order valence-electron chi connectivity index (χ4n) is 1.58. The van der Waals surface area contributed by atoms with Crippen molar-refractivity contribution in [2.75, 3.05) is 5.75 Å². The van der Waals surface area contributed by atoms with E-state index < -0.39 is 0 Å². The van der Waals surface area contributed by atoms with Gasteiger partial charge in [0.05, 0.1) is 12.2 Å². The summed E-state index contributed by atoms with van der Waals surface area (Å²) in [5.74, 6) is 1.89. The van der Waals surface area contributed by atoms with Crippen LogP contribution < -0.4 is 5.32 Å². The maximum Gasteiger partial charge on any atom is 0.157 e. The van der Waals surface area contributed by atoms with Crippen LogP contribution in [-0.2, 0) is 6.54 Å². The lowest BCUT2D eigenvalue weighted by atomic mass is 10.0. The summed E-state index contributed by atoms with van der Waals surface area (Å²) in [6.45, 7) is 6.95. The second-order valence-electron chi connectivity index (χ2n) is 4.54. The Morgan fingerprint density at radius 2 is 2.41 bits per heavy atom. The molecule has 2 rings (SSSR count). The van der Waals surface area contributed by atoms with Crippen LogP contribution >= 0.6 is 11.8 Å². The number of amidine groups is 1. The van der Waals surface area contributed by atoms with Gasteiger partial charge in [-0.15, -0.1) is 0 Å². The number of nitrogens with zero attached hydrogens (tertiary/aromatic N) is 3. The molecule has 1 fully saturated rings. The highest BCUT2D eigenvalue weighted by Gasteiger charge is 2.30. The number of rotatable bonds is 3. The summed E-state index contributed by atoms with van der Waals surface area (Å²) in [7, 11) is 0. The zero-order chi connectivity index (χ0) is 12.3. The Labute approximate surface area is 106 Å². The number of hydrogen-bond donors (Lipinski definition) is 1. The van der Waals surface area contributed by atoms with Crippen LogP contribution in [0.4, 0.5) is 0 Å². The van der Waals surface area contributed by atoms with E-state index in [1.54, 1.807) is 18.0 Å². The topological polar surface area (TPSA) is 50.2 Å². The molecule has 1 aliphatic heterocycles. The minimum Gasteiger partial charge on any atom is -0.359 e. The Hall–Kier alpha value is -1.10. The summed E-state index contributed by atoms with van der Waals surface area (Å²) in [6.07, 6.45) is 2.90. The van der Waals surface area contributed by atoms with Crippen LogP contribution in [0.25, 0.3) is 0 Å². The molecule has 0 amide bonds. The summed E-state index contributed by atoms with van der Waals surface area (Å²) < 4.78 is 0. The van der Waals surface area contributed by atoms with Gasteiger partial charge in [-0.25, -0.2) is 9.97 Å². The molecule has 0 aromatic carbocycles. The largest absolute Gasteiger partial charge is 0.359 e. The van der Waals surface area contributed by atoms with Gasteiger partial charge in [0.25, 0.3) is 0 Å². The summed E-state index contributed by atoms with van der Waals surface area (Å²) in [4.78, 5) is 13.0. The number of thioether (sulfide) groups is 1. The number of hydrogen-bond acceptors (Lipinski definition) is 4. The third-order valence-electron chi connectivity index (χ3n) is 2.93. The van der Waals surface area contributed by atoms with E-state index in [2.05, 4.69) is 34.1 Å². The lowest BCUT2D eigenvalue weighted by molar-refractivity contribution is 0.466. The number of nitrogens with one attached hydrogen (secondary N) is 1. The molecule has 1 N–H and O–H groups in total. The lowest BCUT2D eigenvalue weighted by Crippen LogP contribution is -2.39. The van der Waals surface area contributed by atoms with E-state index in [1.165, 1.54) is 0 Å². The first-order valence-corrected chi connectivity index (χ1v) is 6.84. The van der Waals surface area contributed by atoms with Crippen molar-refractivity contribution < 1.29 is 0 Å². The lowest BCUT2D eigenvalue weighted by Gasteiger charge is -2.20. The second kappa shape index (κ2) is 5.04. The van der Waals surface area contributed by atoms with Gasteiger partial charge in [-0.2, -0.15) is 0 Å². The molecule has 17 heavy (non-hydrogen) atoms. The smallest absolute Gasteiger partial charge is 0.157 e. The highest BCUT2D eigenvalue weighted by molar-refractivity contribution is 8.14. The van der Waals surface area contributed by atoms with Crippen molar-refractivity contribution in [1.29, 1.82) is 0 Å². The van der Waals surface area contributed by atoms with Crippen molar-refractivity contribution in [3.8, 4) is 0 Å². The van der Waals surface area contributed by atoms with Crippen molar-refractivity contribution in [1.82, 2.24) is 15.3 Å². The normalized spacial score (nSPS) is 26.2. The van der Waals surface area contributed by atoms with Gasteiger partial charge in [-0.3, -0.25) is 4.99 Å². The zero-order valence-corrected chi connectivity index (χ0v) is 11.3. The minimum atomic E-state index is 0.199. The van der Waals surface area contributed by atoms with E-state index in [0.29, 0.717) is 6.54 Å². The summed E-state index contributed by atoms with van der Waals surface area (Å²) >= 11 is 1.79. The third-order valence-corrected chi connectivity index (χ3v) is 4.22. The van der Waals surface area contributed by atoms with Gasteiger partial charge in [0.1, 0.15) is 5.82 Å². The predicted octanol–water partition coefficient (Wildman–Crippen LogP) is 2.15. The maximum atomic E-state index is 4.56. The second-order valence-corrected chi connectivity index (χ2v) is 5.51. The van der Waals surface area contributed by atoms with Crippen molar-refractivity contribution >= 4 is 16.9 Å². The van der Waals surface area contributed by atoms with Gasteiger partial charge in [-0.05, 0) is 26.3 Å². The molecule has 1 unspecified atom stereocenters. The molecule has 1 saturated heterocycles. The third kappa shape index (κ3) is 3.19. The van der Waals surface area contributed by atoms with Crippen molar-refractivity contribution in [3.63, 3.8) is 0 Å². The van der Waals surface area contributed by atoms with Gasteiger partial charge in [0.15, 0.2) is 5.17 Å². The van der Waals surface area contributed by atoms with E-state index in [1.807, 2.05) is 13.0 Å². The van der Waals surface area contributed by atoms with Gasteiger partial charge in [-0.1, -0.05) is 18.7 Å². The molecule has 4 nitrogen and oxygen atoms in total. The molecular formula is C12H18N4S. The van der Waals surface area contributed by atoms with Crippen molar-refractivity contribution in [2.45, 2.75) is 39.3 Å². The zero-order valence-electron chi connectivity index (χ0n) is 10.5. The maximum absolute atomic E-state index is 4.56. The quantitative estimate of drug-likeness (QED) is 0.893. The molecular weight excluding hydrogens is 232 g/mol. The van der Waals surface area contributed by atoms with Crippen molar-refractivity contribution in [2.24, 2.45) is 4.99 Å². The van der Waals surface area contributed by atoms with Crippen LogP contribution in [0.2, 0.25) is 0 Å². The Morgan fingerprint density at radius 1 is 1.59 bits per heavy atom. The highest BCUT2D eigenvalue weighted by Crippen LogP contribution is 2.25. The average molecular weight is 250 g/mol. The number of aryl methyl sites for hydroxylation is 1. The van der Waals surface area contributed by atoms with Crippen LogP contribution in [0.1, 0.15) is 31.8 Å². The minimum absolute atomic E-state index is 0.199. The molecule has 0 aliphatic carbocycles. The van der Waals surface area contributed by atoms with E-state index in [-0.39, 0.29) is 5.54 Å². The molecule has 92 valence electrons. The Morgan fingerprint density at radius 3 is 3.06 bits per heavy atom. The fourth-order valence-corrected chi connectivity index (χ4v) is 2.79. The fraction of sp³-hybridized carbons (Fsp3) is 0.583. The first-order valence-electron chi connectivity index (χ1n) is 5.85. The molecule has 1 aromatic heterocycles. The monoisotopic (exact) mass is 250 g/mol. The molecule has 2 heterocycles. The SMILES string of the molecule is CCC1(C)CSC(=NCc2ccnc(C)n2)N1. The number of aromatic nitrogens is 2. The molecule has 1 atom stereocenters. The Kier molecular flexibility index (Phi) is 3.66. The summed E-state index contributed by atoms with van der Waals surface area (Å²) in [6, 6.07) is 1.91. The summed E-state index contributed by atoms with van der Waals surface area (Å²) in [5, 5.41) is 4.50. The van der Waals surface area contributed by atoms with Crippen LogP contribution in [0.3, 0.4) is 0 Å². The molecule has 1 aromatic rings. The summed E-state index contributed by atoms with van der Waals surface area (Å²) in [5.41, 5.74) is 1.17. The highest BCUT2D eigenvalue weighted by atomic mass is 32.2. The number of aliphatic imine (C=N–C) groups is 1. The van der Waals surface area contributed by atoms with Crippen LogP contribution in [-0.4, -0.2) is 26.4 Å². The Bertz CT molecular complexity index is 432. The van der Waals surface area contributed by atoms with E-state index in [9.17, 15) is 0 Å². The van der Waals surface area contributed by atoms with E-state index in [0.717, 1.165) is 28.9 Å².